The van der Waals surface area contributed by atoms with Crippen LogP contribution in [0, 0.1) is 0 Å². The van der Waals surface area contributed by atoms with E-state index in [4.69, 9.17) is 23.7 Å². The summed E-state index contributed by atoms with van der Waals surface area (Å²) in [6.45, 7) is 0. The van der Waals surface area contributed by atoms with Crippen LogP contribution in [0.3, 0.4) is 0 Å². The number of para-hydroxylation sites is 1. The molecule has 6 heteroatoms. The van der Waals surface area contributed by atoms with Crippen LogP contribution in [0.1, 0.15) is 35.6 Å². The van der Waals surface area contributed by atoms with Gasteiger partial charge in [-0.05, 0) is 36.4 Å². The minimum absolute atomic E-state index is 0.0611. The van der Waals surface area contributed by atoms with Gasteiger partial charge in [0.2, 0.25) is 6.23 Å². The van der Waals surface area contributed by atoms with Crippen LogP contribution >= 0.6 is 0 Å². The van der Waals surface area contributed by atoms with Gasteiger partial charge in [0, 0.05) is 12.0 Å². The Labute approximate surface area is 162 Å². The average Bonchev–Trinajstić information content (AvgIpc) is 3.42. The lowest BCUT2D eigenvalue weighted by atomic mass is 9.97. The van der Waals surface area contributed by atoms with Gasteiger partial charge < -0.3 is 18.6 Å². The van der Waals surface area contributed by atoms with Gasteiger partial charge in [0.05, 0.1) is 32.1 Å². The quantitative estimate of drug-likeness (QED) is 0.669. The lowest BCUT2D eigenvalue weighted by molar-refractivity contribution is -0.0204. The van der Waals surface area contributed by atoms with E-state index in [2.05, 4.69) is 6.07 Å². The van der Waals surface area contributed by atoms with E-state index in [0.29, 0.717) is 0 Å². The van der Waals surface area contributed by atoms with E-state index in [9.17, 15) is 0 Å². The van der Waals surface area contributed by atoms with Gasteiger partial charge in [-0.2, -0.15) is 5.10 Å². The standard InChI is InChI=1S/C22H20N2O4/c1-25-14-9-10-19(26-2)16(12-14)22-24-18(15-6-3-4-7-20(15)28-22)13-17(23-24)21-8-5-11-27-21/h3-12,18,22H,13H2,1-2H3/t18-,22+/m1/s1. The summed E-state index contributed by atoms with van der Waals surface area (Å²) in [6, 6.07) is 17.7. The molecule has 0 amide bonds. The van der Waals surface area contributed by atoms with Crippen molar-refractivity contribution >= 4 is 5.71 Å². The summed E-state index contributed by atoms with van der Waals surface area (Å²) in [5, 5.41) is 6.87. The van der Waals surface area contributed by atoms with Crippen molar-refractivity contribution in [3.63, 3.8) is 0 Å². The van der Waals surface area contributed by atoms with Crippen molar-refractivity contribution in [2.45, 2.75) is 18.7 Å². The first-order valence-electron chi connectivity index (χ1n) is 9.15. The number of ether oxygens (including phenoxy) is 3. The second-order valence-corrected chi connectivity index (χ2v) is 6.74. The predicted octanol–water partition coefficient (Wildman–Crippen LogP) is 4.54. The molecule has 2 aliphatic heterocycles. The Hall–Kier alpha value is -3.41. The molecule has 142 valence electrons. The number of nitrogens with zero attached hydrogens (tertiary/aromatic N) is 2. The van der Waals surface area contributed by atoms with Gasteiger partial charge in [0.25, 0.3) is 0 Å². The van der Waals surface area contributed by atoms with Gasteiger partial charge >= 0.3 is 0 Å². The molecule has 0 N–H and O–H groups in total. The van der Waals surface area contributed by atoms with Crippen molar-refractivity contribution in [1.29, 1.82) is 0 Å². The van der Waals surface area contributed by atoms with Gasteiger partial charge in [0.15, 0.2) is 0 Å². The lowest BCUT2D eigenvalue weighted by Gasteiger charge is -2.38. The molecule has 0 bridgehead atoms. The Bertz CT molecular complexity index is 1030. The van der Waals surface area contributed by atoms with Crippen molar-refractivity contribution < 1.29 is 18.6 Å². The highest BCUT2D eigenvalue weighted by Crippen LogP contribution is 2.49. The zero-order chi connectivity index (χ0) is 19.1. The summed E-state index contributed by atoms with van der Waals surface area (Å²) < 4.78 is 23.0. The van der Waals surface area contributed by atoms with Crippen molar-refractivity contribution in [2.75, 3.05) is 14.2 Å². The molecule has 1 aromatic heterocycles. The van der Waals surface area contributed by atoms with Crippen LogP contribution in [0.5, 0.6) is 17.2 Å². The normalized spacial score (nSPS) is 20.1. The van der Waals surface area contributed by atoms with E-state index in [1.54, 1.807) is 20.5 Å². The number of hydrogen-bond acceptors (Lipinski definition) is 6. The maximum Gasteiger partial charge on any atom is 0.217 e. The SMILES string of the molecule is COc1ccc(OC)c([C@@H]2Oc3ccccc3[C@H]3CC(c4ccco4)=NN32)c1. The lowest BCUT2D eigenvalue weighted by Crippen LogP contribution is -2.33. The van der Waals surface area contributed by atoms with Crippen LogP contribution in [0.15, 0.2) is 70.4 Å². The molecule has 3 heterocycles. The van der Waals surface area contributed by atoms with Crippen LogP contribution < -0.4 is 14.2 Å². The fourth-order valence-corrected chi connectivity index (χ4v) is 3.86. The highest BCUT2D eigenvalue weighted by molar-refractivity contribution is 5.99. The van der Waals surface area contributed by atoms with Gasteiger partial charge in [-0.25, -0.2) is 5.01 Å². The average molecular weight is 376 g/mol. The molecule has 0 saturated carbocycles. The minimum Gasteiger partial charge on any atom is -0.497 e. The smallest absolute Gasteiger partial charge is 0.217 e. The summed E-state index contributed by atoms with van der Waals surface area (Å²) in [6.07, 6.45) is 1.98. The topological polar surface area (TPSA) is 56.4 Å². The van der Waals surface area contributed by atoms with Crippen molar-refractivity contribution in [2.24, 2.45) is 5.10 Å². The molecule has 6 nitrogen and oxygen atoms in total. The fourth-order valence-electron chi connectivity index (χ4n) is 3.86. The monoisotopic (exact) mass is 376 g/mol. The summed E-state index contributed by atoms with van der Waals surface area (Å²) >= 11 is 0. The molecule has 2 aromatic carbocycles. The van der Waals surface area contributed by atoms with E-state index in [1.807, 2.05) is 53.5 Å². The van der Waals surface area contributed by atoms with Gasteiger partial charge in [0.1, 0.15) is 28.7 Å². The third kappa shape index (κ3) is 2.60. The molecule has 0 aliphatic carbocycles. The van der Waals surface area contributed by atoms with E-state index in [-0.39, 0.29) is 6.04 Å². The Morgan fingerprint density at radius 3 is 2.68 bits per heavy atom. The van der Waals surface area contributed by atoms with E-state index < -0.39 is 6.23 Å². The molecule has 0 fully saturated rings. The van der Waals surface area contributed by atoms with Crippen LogP contribution in [0.25, 0.3) is 0 Å². The Morgan fingerprint density at radius 2 is 1.89 bits per heavy atom. The summed E-state index contributed by atoms with van der Waals surface area (Å²) in [5.41, 5.74) is 2.89. The number of benzene rings is 2. The molecule has 5 rings (SSSR count). The number of rotatable bonds is 4. The summed E-state index contributed by atoms with van der Waals surface area (Å²) in [7, 11) is 3.30. The third-order valence-electron chi connectivity index (χ3n) is 5.21. The first-order chi connectivity index (χ1) is 13.8. The third-order valence-corrected chi connectivity index (χ3v) is 5.21. The number of hydrogen-bond donors (Lipinski definition) is 0. The van der Waals surface area contributed by atoms with E-state index >= 15 is 0 Å². The maximum absolute atomic E-state index is 6.39. The Morgan fingerprint density at radius 1 is 1.00 bits per heavy atom. The van der Waals surface area contributed by atoms with Crippen molar-refractivity contribution in [3.8, 4) is 17.2 Å². The zero-order valence-electron chi connectivity index (χ0n) is 15.7. The second-order valence-electron chi connectivity index (χ2n) is 6.74. The molecule has 0 unspecified atom stereocenters. The molecule has 2 aliphatic rings. The minimum atomic E-state index is -0.433. The number of hydrazone groups is 1. The largest absolute Gasteiger partial charge is 0.497 e. The Kier molecular flexibility index (Phi) is 3.97. The highest BCUT2D eigenvalue weighted by atomic mass is 16.5. The fraction of sp³-hybridized carbons (Fsp3) is 0.227. The molecule has 0 radical (unpaired) electrons. The van der Waals surface area contributed by atoms with Crippen LogP contribution in [0.2, 0.25) is 0 Å². The number of fused-ring (bicyclic) bond motifs is 3. The Balaban J connectivity index is 1.64. The van der Waals surface area contributed by atoms with E-state index in [0.717, 1.165) is 46.3 Å². The molecular formula is C22H20N2O4. The number of furan rings is 1. The molecule has 0 spiro atoms. The summed E-state index contributed by atoms with van der Waals surface area (Å²) in [4.78, 5) is 0. The van der Waals surface area contributed by atoms with Crippen molar-refractivity contribution in [3.05, 3.63) is 77.7 Å². The van der Waals surface area contributed by atoms with Crippen LogP contribution in [0.4, 0.5) is 0 Å². The van der Waals surface area contributed by atoms with Crippen LogP contribution in [-0.4, -0.2) is 24.9 Å². The second kappa shape index (κ2) is 6.64. The van der Waals surface area contributed by atoms with Gasteiger partial charge in [-0.1, -0.05) is 18.2 Å². The predicted molar refractivity (Wildman–Crippen MR) is 104 cm³/mol. The van der Waals surface area contributed by atoms with Gasteiger partial charge in [-0.3, -0.25) is 0 Å². The molecular weight excluding hydrogens is 356 g/mol. The highest BCUT2D eigenvalue weighted by Gasteiger charge is 2.42. The van der Waals surface area contributed by atoms with Gasteiger partial charge in [-0.15, -0.1) is 0 Å². The van der Waals surface area contributed by atoms with Crippen molar-refractivity contribution in [1.82, 2.24) is 5.01 Å². The maximum atomic E-state index is 6.39. The van der Waals surface area contributed by atoms with Crippen LogP contribution in [-0.2, 0) is 0 Å². The van der Waals surface area contributed by atoms with E-state index in [1.165, 1.54) is 0 Å². The molecule has 0 saturated heterocycles. The first-order valence-corrected chi connectivity index (χ1v) is 9.15. The summed E-state index contributed by atoms with van der Waals surface area (Å²) in [5.74, 6) is 3.10. The first kappa shape index (κ1) is 16.7. The molecule has 2 atom stereocenters. The molecule has 3 aromatic rings. The number of methoxy groups -OCH3 is 2. The zero-order valence-corrected chi connectivity index (χ0v) is 15.7. The molecule has 28 heavy (non-hydrogen) atoms.